The zero-order valence-corrected chi connectivity index (χ0v) is 28.5. The number of allylic oxidation sites excluding steroid dienone is 2. The van der Waals surface area contributed by atoms with Crippen molar-refractivity contribution in [3.05, 3.63) is 147 Å². The van der Waals surface area contributed by atoms with Gasteiger partial charge in [-0.3, -0.25) is 14.4 Å². The van der Waals surface area contributed by atoms with E-state index in [2.05, 4.69) is 22.6 Å². The monoisotopic (exact) mass is 771 g/mol. The third kappa shape index (κ3) is 3.62. The Balaban J connectivity index is 1.37. The zero-order chi connectivity index (χ0) is 33.8. The molecular formula is C41H26INO7. The largest absolute Gasteiger partial charge is 0.454 e. The fourth-order valence-corrected chi connectivity index (χ4v) is 9.43. The molecule has 2 bridgehead atoms. The van der Waals surface area contributed by atoms with Gasteiger partial charge in [-0.05, 0) is 105 Å². The van der Waals surface area contributed by atoms with Gasteiger partial charge in [0.1, 0.15) is 0 Å². The SMILES string of the molecule is O=C1[C@@H]2[C@@H](C(=O)N1c1ccc(I)cc1)[C@@]1(c3ccccc3)C(=O)[C@@]2(c2ccccc2)C(c2ccc3c(c2)OCO3)=C1c1ccc2c(c1)OCO2. The van der Waals surface area contributed by atoms with Gasteiger partial charge in [0.2, 0.25) is 25.4 Å². The van der Waals surface area contributed by atoms with E-state index in [0.29, 0.717) is 62.1 Å². The summed E-state index contributed by atoms with van der Waals surface area (Å²) in [5.41, 5.74) is 1.37. The van der Waals surface area contributed by atoms with Gasteiger partial charge in [-0.2, -0.15) is 0 Å². The molecule has 0 aromatic heterocycles. The molecule has 50 heavy (non-hydrogen) atoms. The average molecular weight is 772 g/mol. The lowest BCUT2D eigenvalue weighted by atomic mass is 9.59. The molecule has 3 aliphatic heterocycles. The van der Waals surface area contributed by atoms with E-state index in [0.717, 1.165) is 3.57 Å². The van der Waals surface area contributed by atoms with Crippen molar-refractivity contribution in [2.45, 2.75) is 10.8 Å². The Hall–Kier alpha value is -5.42. The number of halogens is 1. The Morgan fingerprint density at radius 1 is 0.540 bits per heavy atom. The Morgan fingerprint density at radius 3 is 1.44 bits per heavy atom. The van der Waals surface area contributed by atoms with Gasteiger partial charge in [0.05, 0.1) is 28.4 Å². The van der Waals surface area contributed by atoms with Crippen molar-refractivity contribution in [3.8, 4) is 23.0 Å². The third-order valence-corrected chi connectivity index (χ3v) is 11.6. The van der Waals surface area contributed by atoms with Crippen molar-refractivity contribution < 1.29 is 33.3 Å². The maximum absolute atomic E-state index is 16.2. The zero-order valence-electron chi connectivity index (χ0n) is 26.3. The molecule has 2 aliphatic carbocycles. The molecule has 9 heteroatoms. The van der Waals surface area contributed by atoms with Crippen LogP contribution in [-0.4, -0.2) is 31.2 Å². The van der Waals surface area contributed by atoms with Gasteiger partial charge in [-0.25, -0.2) is 4.90 Å². The van der Waals surface area contributed by atoms with E-state index < -0.39 is 34.5 Å². The lowest BCUT2D eigenvalue weighted by Crippen LogP contribution is -2.45. The molecule has 2 fully saturated rings. The van der Waals surface area contributed by atoms with E-state index in [4.69, 9.17) is 18.9 Å². The van der Waals surface area contributed by atoms with Crippen molar-refractivity contribution in [1.29, 1.82) is 0 Å². The van der Waals surface area contributed by atoms with Crippen molar-refractivity contribution >= 4 is 57.0 Å². The maximum Gasteiger partial charge on any atom is 0.239 e. The molecule has 0 radical (unpaired) electrons. The quantitative estimate of drug-likeness (QED) is 0.141. The predicted octanol–water partition coefficient (Wildman–Crippen LogP) is 6.94. The molecule has 8 nitrogen and oxygen atoms in total. The molecule has 4 atom stereocenters. The van der Waals surface area contributed by atoms with Gasteiger partial charge in [0.25, 0.3) is 0 Å². The number of rotatable bonds is 5. The highest BCUT2D eigenvalue weighted by Gasteiger charge is 2.82. The van der Waals surface area contributed by atoms with Crippen molar-refractivity contribution in [3.63, 3.8) is 0 Å². The molecule has 5 aromatic carbocycles. The Bertz CT molecular complexity index is 2180. The van der Waals surface area contributed by atoms with Crippen LogP contribution in [0.1, 0.15) is 22.3 Å². The van der Waals surface area contributed by atoms with Gasteiger partial charge in [-0.15, -0.1) is 0 Å². The number of ether oxygens (including phenoxy) is 4. The van der Waals surface area contributed by atoms with Gasteiger partial charge >= 0.3 is 0 Å². The molecule has 5 aromatic rings. The number of benzene rings is 5. The summed E-state index contributed by atoms with van der Waals surface area (Å²) in [6, 6.07) is 37.5. The number of nitrogens with zero attached hydrogens (tertiary/aromatic N) is 1. The molecule has 0 spiro atoms. The van der Waals surface area contributed by atoms with E-state index in [9.17, 15) is 0 Å². The second kappa shape index (κ2) is 10.5. The van der Waals surface area contributed by atoms with Crippen LogP contribution in [0.4, 0.5) is 5.69 Å². The Morgan fingerprint density at radius 2 is 0.980 bits per heavy atom. The number of amides is 2. The number of hydrogen-bond donors (Lipinski definition) is 0. The summed E-state index contributed by atoms with van der Waals surface area (Å²) in [5, 5.41) is 0. The Kier molecular flexibility index (Phi) is 6.22. The summed E-state index contributed by atoms with van der Waals surface area (Å²) in [5.74, 6) is -0.828. The minimum Gasteiger partial charge on any atom is -0.454 e. The van der Waals surface area contributed by atoms with Gasteiger partial charge in [0.15, 0.2) is 28.8 Å². The first kappa shape index (κ1) is 29.5. The summed E-state index contributed by atoms with van der Waals surface area (Å²) in [4.78, 5) is 47.8. The lowest BCUT2D eigenvalue weighted by molar-refractivity contribution is -0.130. The number of Topliss-reactive ketones (excluding diaryl/α,β-unsaturated/α-hetero) is 1. The highest BCUT2D eigenvalue weighted by atomic mass is 127. The summed E-state index contributed by atoms with van der Waals surface area (Å²) < 4.78 is 24.1. The molecule has 3 heterocycles. The summed E-state index contributed by atoms with van der Waals surface area (Å²) in [7, 11) is 0. The van der Waals surface area contributed by atoms with E-state index >= 15 is 14.4 Å². The molecule has 0 N–H and O–H groups in total. The van der Waals surface area contributed by atoms with Crippen molar-refractivity contribution in [2.24, 2.45) is 11.8 Å². The second-order valence-electron chi connectivity index (χ2n) is 13.0. The molecular weight excluding hydrogens is 745 g/mol. The van der Waals surface area contributed by atoms with Crippen LogP contribution in [0.15, 0.2) is 121 Å². The van der Waals surface area contributed by atoms with Crippen LogP contribution in [0.5, 0.6) is 23.0 Å². The highest BCUT2D eigenvalue weighted by Crippen LogP contribution is 2.74. The highest BCUT2D eigenvalue weighted by molar-refractivity contribution is 14.1. The van der Waals surface area contributed by atoms with Crippen LogP contribution < -0.4 is 23.8 Å². The molecule has 0 unspecified atom stereocenters. The predicted molar refractivity (Wildman–Crippen MR) is 192 cm³/mol. The minimum absolute atomic E-state index is 0.0756. The molecule has 244 valence electrons. The molecule has 10 rings (SSSR count). The fraction of sp³-hybridized carbons (Fsp3) is 0.146. The first-order valence-electron chi connectivity index (χ1n) is 16.3. The van der Waals surface area contributed by atoms with E-state index in [1.165, 1.54) is 4.90 Å². The van der Waals surface area contributed by atoms with Crippen LogP contribution in [0.2, 0.25) is 0 Å². The van der Waals surface area contributed by atoms with Crippen LogP contribution >= 0.6 is 22.6 Å². The first-order valence-corrected chi connectivity index (χ1v) is 17.4. The molecule has 2 amide bonds. The number of carbonyl (C=O) groups is 3. The summed E-state index contributed by atoms with van der Waals surface area (Å²) in [6.07, 6.45) is 0. The van der Waals surface area contributed by atoms with Crippen molar-refractivity contribution in [2.75, 3.05) is 18.5 Å². The van der Waals surface area contributed by atoms with E-state index in [-0.39, 0.29) is 19.4 Å². The van der Waals surface area contributed by atoms with Crippen LogP contribution in [0.25, 0.3) is 11.1 Å². The smallest absolute Gasteiger partial charge is 0.239 e. The van der Waals surface area contributed by atoms with Gasteiger partial charge in [-0.1, -0.05) is 72.8 Å². The normalized spacial score (nSPS) is 25.5. The van der Waals surface area contributed by atoms with Gasteiger partial charge < -0.3 is 18.9 Å². The maximum atomic E-state index is 16.2. The second-order valence-corrected chi connectivity index (χ2v) is 14.3. The van der Waals surface area contributed by atoms with Crippen LogP contribution in [0, 0.1) is 15.4 Å². The van der Waals surface area contributed by atoms with Crippen LogP contribution in [-0.2, 0) is 25.2 Å². The number of carbonyl (C=O) groups excluding carboxylic acids is 3. The third-order valence-electron chi connectivity index (χ3n) is 10.9. The number of imide groups is 1. The molecule has 5 aliphatic rings. The number of ketones is 1. The summed E-state index contributed by atoms with van der Waals surface area (Å²) >= 11 is 2.20. The topological polar surface area (TPSA) is 91.4 Å². The van der Waals surface area contributed by atoms with E-state index in [1.54, 1.807) is 12.1 Å². The average Bonchev–Trinajstić information content (AvgIpc) is 3.96. The standard InChI is InChI=1S/C41H26INO7/c42-27-13-15-28(16-14-27)43-37(44)35-36(38(43)45)41(26-9-5-2-6-10-26)34(24-12-18-30-32(20-24)50-22-48-30)33(23-11-17-29-31(19-23)49-21-47-29)40(35,39(41)46)25-7-3-1-4-8-25/h1-20,35-36H,21-22H2/t35-,36-,40-,41-/m0/s1. The van der Waals surface area contributed by atoms with Crippen molar-refractivity contribution in [1.82, 2.24) is 0 Å². The first-order chi connectivity index (χ1) is 24.5. The van der Waals surface area contributed by atoms with Gasteiger partial charge in [0, 0.05) is 3.57 Å². The van der Waals surface area contributed by atoms with Crippen LogP contribution in [0.3, 0.4) is 0 Å². The van der Waals surface area contributed by atoms with E-state index in [1.807, 2.05) is 109 Å². The Labute approximate surface area is 300 Å². The number of fused-ring (bicyclic) bond motifs is 7. The molecule has 1 saturated heterocycles. The minimum atomic E-state index is -1.55. The molecule has 1 saturated carbocycles. The lowest BCUT2D eigenvalue weighted by Gasteiger charge is -2.39. The summed E-state index contributed by atoms with van der Waals surface area (Å²) in [6.45, 7) is 0.151. The fourth-order valence-electron chi connectivity index (χ4n) is 9.07. The number of anilines is 1. The number of hydrogen-bond acceptors (Lipinski definition) is 7.